The van der Waals surface area contributed by atoms with Gasteiger partial charge in [-0.25, -0.2) is 4.98 Å². The fraction of sp³-hybridized carbons (Fsp3) is 0.231. The molecule has 1 aromatic carbocycles. The Kier molecular flexibility index (Phi) is 3.62. The van der Waals surface area contributed by atoms with Crippen LogP contribution in [0.25, 0.3) is 11.3 Å². The average Bonchev–Trinajstić information content (AvgIpc) is 2.41. The van der Waals surface area contributed by atoms with Crippen molar-refractivity contribution in [2.24, 2.45) is 0 Å². The standard InChI is InChI=1S/C13H14N2O2S/c1-8-12(14-7-15-13(8)18)9-4-10(16-2)6-11(5-9)17-3/h4-7H,1-3H3,(H,14,15,18). The lowest BCUT2D eigenvalue weighted by molar-refractivity contribution is 0.394. The molecule has 0 fully saturated rings. The van der Waals surface area contributed by atoms with Gasteiger partial charge in [0.25, 0.3) is 0 Å². The smallest absolute Gasteiger partial charge is 0.132 e. The Bertz CT molecular complexity index is 600. The first-order chi connectivity index (χ1) is 8.65. The maximum atomic E-state index is 5.25. The second-order valence-electron chi connectivity index (χ2n) is 3.81. The van der Waals surface area contributed by atoms with Gasteiger partial charge in [0, 0.05) is 17.2 Å². The molecule has 1 N–H and O–H groups in total. The predicted octanol–water partition coefficient (Wildman–Crippen LogP) is 3.13. The van der Waals surface area contributed by atoms with Crippen molar-refractivity contribution < 1.29 is 9.47 Å². The molecule has 0 aliphatic carbocycles. The number of hydrogen-bond acceptors (Lipinski definition) is 4. The molecule has 0 radical (unpaired) electrons. The van der Waals surface area contributed by atoms with E-state index < -0.39 is 0 Å². The maximum absolute atomic E-state index is 5.25. The molecule has 0 aliphatic rings. The van der Waals surface area contributed by atoms with Gasteiger partial charge < -0.3 is 14.5 Å². The Labute approximate surface area is 111 Å². The molecule has 1 heterocycles. The van der Waals surface area contributed by atoms with Crippen LogP contribution in [0.15, 0.2) is 24.5 Å². The number of nitrogens with zero attached hydrogens (tertiary/aromatic N) is 1. The molecule has 1 aromatic heterocycles. The molecule has 0 saturated carbocycles. The van der Waals surface area contributed by atoms with Crippen molar-refractivity contribution in [3.8, 4) is 22.8 Å². The van der Waals surface area contributed by atoms with Crippen LogP contribution in [0.1, 0.15) is 5.56 Å². The van der Waals surface area contributed by atoms with Crippen molar-refractivity contribution in [3.05, 3.63) is 34.7 Å². The number of ether oxygens (including phenoxy) is 2. The van der Waals surface area contributed by atoms with Gasteiger partial charge in [-0.15, -0.1) is 0 Å². The van der Waals surface area contributed by atoms with Crippen molar-refractivity contribution in [3.63, 3.8) is 0 Å². The Morgan fingerprint density at radius 2 is 1.72 bits per heavy atom. The Morgan fingerprint density at radius 3 is 2.28 bits per heavy atom. The number of methoxy groups -OCH3 is 2. The fourth-order valence-corrected chi connectivity index (χ4v) is 1.87. The molecular weight excluding hydrogens is 248 g/mol. The minimum Gasteiger partial charge on any atom is -0.497 e. The average molecular weight is 262 g/mol. The molecule has 0 atom stereocenters. The topological polar surface area (TPSA) is 47.1 Å². The highest BCUT2D eigenvalue weighted by Gasteiger charge is 2.08. The third-order valence-corrected chi connectivity index (χ3v) is 3.14. The SMILES string of the molecule is COc1cc(OC)cc(-c2[nH]cnc(=S)c2C)c1. The lowest BCUT2D eigenvalue weighted by atomic mass is 10.1. The van der Waals surface area contributed by atoms with E-state index in [2.05, 4.69) is 9.97 Å². The highest BCUT2D eigenvalue weighted by molar-refractivity contribution is 7.71. The van der Waals surface area contributed by atoms with Crippen LogP contribution in [0.5, 0.6) is 11.5 Å². The number of benzene rings is 1. The molecule has 4 nitrogen and oxygen atoms in total. The van der Waals surface area contributed by atoms with Crippen LogP contribution in [0.4, 0.5) is 0 Å². The minimum atomic E-state index is 0.588. The first-order valence-electron chi connectivity index (χ1n) is 5.43. The molecule has 0 amide bonds. The largest absolute Gasteiger partial charge is 0.497 e. The van der Waals surface area contributed by atoms with Gasteiger partial charge in [-0.2, -0.15) is 0 Å². The third kappa shape index (κ3) is 2.36. The fourth-order valence-electron chi connectivity index (χ4n) is 1.72. The van der Waals surface area contributed by atoms with E-state index >= 15 is 0 Å². The number of hydrogen-bond donors (Lipinski definition) is 1. The summed E-state index contributed by atoms with van der Waals surface area (Å²) in [6.45, 7) is 1.94. The van der Waals surface area contributed by atoms with Gasteiger partial charge in [-0.1, -0.05) is 12.2 Å². The van der Waals surface area contributed by atoms with E-state index in [1.807, 2.05) is 25.1 Å². The van der Waals surface area contributed by atoms with Gasteiger partial charge in [-0.05, 0) is 19.1 Å². The molecule has 5 heteroatoms. The monoisotopic (exact) mass is 262 g/mol. The summed E-state index contributed by atoms with van der Waals surface area (Å²) in [5.74, 6) is 1.47. The van der Waals surface area contributed by atoms with Crippen molar-refractivity contribution in [1.82, 2.24) is 9.97 Å². The molecule has 0 spiro atoms. The minimum absolute atomic E-state index is 0.588. The summed E-state index contributed by atoms with van der Waals surface area (Å²) in [4.78, 5) is 7.15. The quantitative estimate of drug-likeness (QED) is 0.863. The van der Waals surface area contributed by atoms with Crippen LogP contribution in [-0.2, 0) is 0 Å². The van der Waals surface area contributed by atoms with Gasteiger partial charge in [0.15, 0.2) is 0 Å². The van der Waals surface area contributed by atoms with Crippen molar-refractivity contribution in [2.45, 2.75) is 6.92 Å². The molecule has 2 aromatic rings. The highest BCUT2D eigenvalue weighted by Crippen LogP contribution is 2.30. The van der Waals surface area contributed by atoms with E-state index in [1.165, 1.54) is 0 Å². The number of aromatic amines is 1. The number of rotatable bonds is 3. The summed E-state index contributed by atoms with van der Waals surface area (Å²) < 4.78 is 11.1. The summed E-state index contributed by atoms with van der Waals surface area (Å²) in [5, 5.41) is 0. The normalized spacial score (nSPS) is 10.2. The molecule has 0 saturated heterocycles. The van der Waals surface area contributed by atoms with Crippen LogP contribution in [0.3, 0.4) is 0 Å². The summed E-state index contributed by atoms with van der Waals surface area (Å²) in [7, 11) is 3.25. The van der Waals surface area contributed by atoms with E-state index in [1.54, 1.807) is 20.5 Å². The van der Waals surface area contributed by atoms with Crippen molar-refractivity contribution in [1.29, 1.82) is 0 Å². The second kappa shape index (κ2) is 5.18. The van der Waals surface area contributed by atoms with Crippen LogP contribution in [-0.4, -0.2) is 24.2 Å². The van der Waals surface area contributed by atoms with Gasteiger partial charge in [-0.3, -0.25) is 0 Å². The zero-order valence-corrected chi connectivity index (χ0v) is 11.3. The summed E-state index contributed by atoms with van der Waals surface area (Å²) in [5.41, 5.74) is 2.81. The van der Waals surface area contributed by atoms with Gasteiger partial charge in [0.05, 0.1) is 26.2 Å². The zero-order chi connectivity index (χ0) is 13.1. The van der Waals surface area contributed by atoms with Gasteiger partial charge in [0.2, 0.25) is 0 Å². The van der Waals surface area contributed by atoms with E-state index in [4.69, 9.17) is 21.7 Å². The Balaban J connectivity index is 2.63. The maximum Gasteiger partial charge on any atom is 0.132 e. The van der Waals surface area contributed by atoms with Crippen molar-refractivity contribution >= 4 is 12.2 Å². The molecule has 0 unspecified atom stereocenters. The molecular formula is C13H14N2O2S. The predicted molar refractivity (Wildman–Crippen MR) is 72.7 cm³/mol. The molecule has 0 bridgehead atoms. The molecule has 18 heavy (non-hydrogen) atoms. The van der Waals surface area contributed by atoms with Gasteiger partial charge >= 0.3 is 0 Å². The number of aromatic nitrogens is 2. The van der Waals surface area contributed by atoms with Crippen LogP contribution >= 0.6 is 12.2 Å². The third-order valence-electron chi connectivity index (χ3n) is 2.73. The summed E-state index contributed by atoms with van der Waals surface area (Å²) in [6, 6.07) is 5.68. The van der Waals surface area contributed by atoms with E-state index in [9.17, 15) is 0 Å². The first kappa shape index (κ1) is 12.6. The first-order valence-corrected chi connectivity index (χ1v) is 5.84. The van der Waals surface area contributed by atoms with Crippen LogP contribution in [0.2, 0.25) is 0 Å². The highest BCUT2D eigenvalue weighted by atomic mass is 32.1. The van der Waals surface area contributed by atoms with Gasteiger partial charge in [0.1, 0.15) is 16.1 Å². The summed E-state index contributed by atoms with van der Waals surface area (Å²) in [6.07, 6.45) is 1.59. The van der Waals surface area contributed by atoms with E-state index in [-0.39, 0.29) is 0 Å². The molecule has 2 rings (SSSR count). The Morgan fingerprint density at radius 1 is 1.11 bits per heavy atom. The molecule has 94 valence electrons. The zero-order valence-electron chi connectivity index (χ0n) is 10.5. The second-order valence-corrected chi connectivity index (χ2v) is 4.20. The molecule has 0 aliphatic heterocycles. The lowest BCUT2D eigenvalue weighted by Crippen LogP contribution is -1.94. The van der Waals surface area contributed by atoms with Crippen LogP contribution < -0.4 is 9.47 Å². The summed E-state index contributed by atoms with van der Waals surface area (Å²) >= 11 is 5.17. The van der Waals surface area contributed by atoms with E-state index in [0.717, 1.165) is 28.3 Å². The number of H-pyrrole nitrogens is 1. The van der Waals surface area contributed by atoms with E-state index in [0.29, 0.717) is 4.64 Å². The lowest BCUT2D eigenvalue weighted by Gasteiger charge is -2.10. The Hall–Kier alpha value is -1.88. The van der Waals surface area contributed by atoms with Crippen molar-refractivity contribution in [2.75, 3.05) is 14.2 Å². The van der Waals surface area contributed by atoms with Crippen LogP contribution in [0, 0.1) is 11.6 Å². The number of nitrogens with one attached hydrogen (secondary N) is 1.